The highest BCUT2D eigenvalue weighted by atomic mass is 32.2. The van der Waals surface area contributed by atoms with Gasteiger partial charge in [0.15, 0.2) is 0 Å². The Hall–Kier alpha value is -3.52. The molecule has 3 aromatic carbocycles. The van der Waals surface area contributed by atoms with E-state index in [9.17, 15) is 13.2 Å². The molecule has 1 amide bonds. The van der Waals surface area contributed by atoms with Gasteiger partial charge in [-0.05, 0) is 56.5 Å². The molecule has 186 valence electrons. The first-order chi connectivity index (χ1) is 16.7. The van der Waals surface area contributed by atoms with Gasteiger partial charge < -0.3 is 14.8 Å². The fourth-order valence-corrected chi connectivity index (χ4v) is 5.01. The van der Waals surface area contributed by atoms with Crippen LogP contribution in [0.15, 0.2) is 71.6 Å². The number of benzene rings is 3. The number of sulfonamides is 1. The van der Waals surface area contributed by atoms with Gasteiger partial charge in [0.2, 0.25) is 5.91 Å². The molecule has 3 aromatic rings. The highest BCUT2D eigenvalue weighted by Crippen LogP contribution is 2.35. The number of amides is 1. The van der Waals surface area contributed by atoms with E-state index in [1.54, 1.807) is 30.3 Å². The van der Waals surface area contributed by atoms with E-state index in [2.05, 4.69) is 29.6 Å². The average molecular weight is 497 g/mol. The van der Waals surface area contributed by atoms with Gasteiger partial charge in [-0.25, -0.2) is 8.42 Å². The molecule has 0 unspecified atom stereocenters. The van der Waals surface area contributed by atoms with E-state index in [4.69, 9.17) is 9.47 Å². The monoisotopic (exact) mass is 496 g/mol. The molecule has 0 saturated carbocycles. The highest BCUT2D eigenvalue weighted by Gasteiger charge is 2.29. The zero-order chi connectivity index (χ0) is 25.4. The van der Waals surface area contributed by atoms with Crippen molar-refractivity contribution in [1.29, 1.82) is 0 Å². The minimum Gasteiger partial charge on any atom is -0.497 e. The van der Waals surface area contributed by atoms with Crippen LogP contribution >= 0.6 is 0 Å². The van der Waals surface area contributed by atoms with E-state index in [0.717, 1.165) is 22.7 Å². The molecule has 0 spiro atoms. The molecule has 7 nitrogen and oxygen atoms in total. The lowest BCUT2D eigenvalue weighted by molar-refractivity contribution is -0.119. The van der Waals surface area contributed by atoms with Crippen molar-refractivity contribution in [3.05, 3.63) is 83.4 Å². The second kappa shape index (κ2) is 11.8. The molecular weight excluding hydrogens is 464 g/mol. The molecule has 0 radical (unpaired) electrons. The summed E-state index contributed by atoms with van der Waals surface area (Å²) in [5.74, 6) is 0.353. The van der Waals surface area contributed by atoms with E-state index in [1.165, 1.54) is 37.5 Å². The number of nitrogens with zero attached hydrogens (tertiary/aromatic N) is 1. The van der Waals surface area contributed by atoms with Crippen molar-refractivity contribution in [3.63, 3.8) is 0 Å². The van der Waals surface area contributed by atoms with Crippen molar-refractivity contribution in [2.75, 3.05) is 31.6 Å². The van der Waals surface area contributed by atoms with Crippen LogP contribution in [-0.4, -0.2) is 41.6 Å². The summed E-state index contributed by atoms with van der Waals surface area (Å²) in [4.78, 5) is 13.0. The van der Waals surface area contributed by atoms with E-state index >= 15 is 0 Å². The first-order valence-corrected chi connectivity index (χ1v) is 12.8. The van der Waals surface area contributed by atoms with Crippen molar-refractivity contribution >= 4 is 21.6 Å². The Morgan fingerprint density at radius 3 is 2.11 bits per heavy atom. The molecule has 0 aliphatic heterocycles. The Bertz CT molecular complexity index is 1240. The average Bonchev–Trinajstić information content (AvgIpc) is 2.86. The molecule has 8 heteroatoms. The van der Waals surface area contributed by atoms with Crippen LogP contribution in [0.4, 0.5) is 5.69 Å². The number of carbonyl (C=O) groups excluding carboxylic acids is 1. The summed E-state index contributed by atoms with van der Waals surface area (Å²) < 4.78 is 39.1. The molecule has 3 rings (SSSR count). The first-order valence-electron chi connectivity index (χ1n) is 11.4. The summed E-state index contributed by atoms with van der Waals surface area (Å²) in [6.07, 6.45) is 1.55. The summed E-state index contributed by atoms with van der Waals surface area (Å²) >= 11 is 0. The molecular formula is C27H32N2O5S. The number of anilines is 1. The topological polar surface area (TPSA) is 84.9 Å². The number of hydrogen-bond donors (Lipinski definition) is 1. The number of nitrogens with one attached hydrogen (secondary N) is 1. The quantitative estimate of drug-likeness (QED) is 0.401. The zero-order valence-electron chi connectivity index (χ0n) is 20.6. The fourth-order valence-electron chi connectivity index (χ4n) is 3.59. The van der Waals surface area contributed by atoms with Crippen LogP contribution in [0.1, 0.15) is 23.1 Å². The molecule has 0 heterocycles. The summed E-state index contributed by atoms with van der Waals surface area (Å²) in [6, 6.07) is 19.6. The lowest BCUT2D eigenvalue weighted by atomic mass is 10.1. The molecule has 0 bridgehead atoms. The normalized spacial score (nSPS) is 11.1. The van der Waals surface area contributed by atoms with Crippen LogP contribution in [0, 0.1) is 13.8 Å². The molecule has 0 fully saturated rings. The Labute approximate surface area is 207 Å². The molecule has 1 N–H and O–H groups in total. The third-order valence-corrected chi connectivity index (χ3v) is 7.41. The predicted octanol–water partition coefficient (Wildman–Crippen LogP) is 4.26. The van der Waals surface area contributed by atoms with Crippen LogP contribution in [0.2, 0.25) is 0 Å². The standard InChI is InChI=1S/C27H32N2O5S/c1-20-7-11-22(12-8-20)6-5-17-28-27(30)19-29(25-18-23(33-3)13-16-26(25)34-4)35(31,32)24-14-9-21(2)10-15-24/h7-16,18H,5-6,17,19H2,1-4H3,(H,28,30). The largest absolute Gasteiger partial charge is 0.497 e. The van der Waals surface area contributed by atoms with Crippen molar-refractivity contribution in [2.24, 2.45) is 0 Å². The maximum absolute atomic E-state index is 13.6. The predicted molar refractivity (Wildman–Crippen MR) is 138 cm³/mol. The van der Waals surface area contributed by atoms with Crippen molar-refractivity contribution in [3.8, 4) is 11.5 Å². The van der Waals surface area contributed by atoms with Gasteiger partial charge >= 0.3 is 0 Å². The number of aryl methyl sites for hydroxylation is 3. The number of methoxy groups -OCH3 is 2. The lowest BCUT2D eigenvalue weighted by Crippen LogP contribution is -2.41. The Morgan fingerprint density at radius 1 is 0.886 bits per heavy atom. The van der Waals surface area contributed by atoms with Crippen LogP contribution in [0.25, 0.3) is 0 Å². The first kappa shape index (κ1) is 26.1. The second-order valence-corrected chi connectivity index (χ2v) is 10.2. The zero-order valence-corrected chi connectivity index (χ0v) is 21.4. The van der Waals surface area contributed by atoms with E-state index in [0.29, 0.717) is 18.0 Å². The SMILES string of the molecule is COc1ccc(OC)c(N(CC(=O)NCCCc2ccc(C)cc2)S(=O)(=O)c2ccc(C)cc2)c1. The number of rotatable bonds is 11. The second-order valence-electron chi connectivity index (χ2n) is 8.30. The van der Waals surface area contributed by atoms with Gasteiger partial charge in [0.25, 0.3) is 10.0 Å². The Balaban J connectivity index is 1.81. The molecule has 0 saturated heterocycles. The smallest absolute Gasteiger partial charge is 0.264 e. The maximum Gasteiger partial charge on any atom is 0.264 e. The Morgan fingerprint density at radius 2 is 1.51 bits per heavy atom. The Kier molecular flexibility index (Phi) is 8.76. The van der Waals surface area contributed by atoms with E-state index in [1.807, 2.05) is 13.8 Å². The van der Waals surface area contributed by atoms with E-state index in [-0.39, 0.29) is 10.6 Å². The fraction of sp³-hybridized carbons (Fsp3) is 0.296. The molecule has 0 aliphatic carbocycles. The van der Waals surface area contributed by atoms with Gasteiger partial charge in [0.1, 0.15) is 18.0 Å². The van der Waals surface area contributed by atoms with Gasteiger partial charge in [-0.1, -0.05) is 47.5 Å². The van der Waals surface area contributed by atoms with E-state index < -0.39 is 22.5 Å². The summed E-state index contributed by atoms with van der Waals surface area (Å²) in [7, 11) is -1.12. The summed E-state index contributed by atoms with van der Waals surface area (Å²) in [5.41, 5.74) is 3.54. The number of hydrogen-bond acceptors (Lipinski definition) is 5. The van der Waals surface area contributed by atoms with Crippen LogP contribution < -0.4 is 19.1 Å². The van der Waals surface area contributed by atoms with Gasteiger partial charge in [-0.3, -0.25) is 9.10 Å². The number of ether oxygens (including phenoxy) is 2. The van der Waals surface area contributed by atoms with Gasteiger partial charge in [0, 0.05) is 12.6 Å². The maximum atomic E-state index is 13.6. The van der Waals surface area contributed by atoms with Crippen molar-refractivity contribution in [1.82, 2.24) is 5.32 Å². The molecule has 0 aliphatic rings. The van der Waals surface area contributed by atoms with Gasteiger partial charge in [-0.15, -0.1) is 0 Å². The summed E-state index contributed by atoms with van der Waals surface area (Å²) in [5, 5.41) is 2.85. The van der Waals surface area contributed by atoms with Crippen molar-refractivity contribution in [2.45, 2.75) is 31.6 Å². The third-order valence-electron chi connectivity index (χ3n) is 5.64. The molecule has 0 aromatic heterocycles. The minimum atomic E-state index is -4.06. The molecule has 0 atom stereocenters. The van der Waals surface area contributed by atoms with Gasteiger partial charge in [0.05, 0.1) is 24.8 Å². The molecule has 35 heavy (non-hydrogen) atoms. The minimum absolute atomic E-state index is 0.0835. The highest BCUT2D eigenvalue weighted by molar-refractivity contribution is 7.92. The van der Waals surface area contributed by atoms with Crippen molar-refractivity contribution < 1.29 is 22.7 Å². The third kappa shape index (κ3) is 6.76. The summed E-state index contributed by atoms with van der Waals surface area (Å²) in [6.45, 7) is 3.95. The van der Waals surface area contributed by atoms with Crippen LogP contribution in [-0.2, 0) is 21.2 Å². The number of carbonyl (C=O) groups is 1. The van der Waals surface area contributed by atoms with Crippen LogP contribution in [0.5, 0.6) is 11.5 Å². The van der Waals surface area contributed by atoms with Crippen LogP contribution in [0.3, 0.4) is 0 Å². The van der Waals surface area contributed by atoms with Gasteiger partial charge in [-0.2, -0.15) is 0 Å². The lowest BCUT2D eigenvalue weighted by Gasteiger charge is -2.26.